The number of ether oxygens (including phenoxy) is 1. The number of carbonyl (C=O) groups is 1. The SMILES string of the molecule is CC(=O)OC(C)C1CCC(N)CC1.Cl. The van der Waals surface area contributed by atoms with E-state index in [1.165, 1.54) is 6.92 Å². The molecule has 2 N–H and O–H groups in total. The van der Waals surface area contributed by atoms with Gasteiger partial charge in [-0.25, -0.2) is 0 Å². The van der Waals surface area contributed by atoms with E-state index in [0.717, 1.165) is 25.7 Å². The molecule has 0 aromatic rings. The first kappa shape index (κ1) is 13.7. The van der Waals surface area contributed by atoms with Crippen molar-refractivity contribution < 1.29 is 9.53 Å². The maximum Gasteiger partial charge on any atom is 0.302 e. The number of halogens is 1. The van der Waals surface area contributed by atoms with Gasteiger partial charge in [-0.15, -0.1) is 12.4 Å². The molecule has 4 heteroatoms. The smallest absolute Gasteiger partial charge is 0.302 e. The van der Waals surface area contributed by atoms with Gasteiger partial charge in [0, 0.05) is 13.0 Å². The van der Waals surface area contributed by atoms with E-state index in [0.29, 0.717) is 12.0 Å². The zero-order valence-corrected chi connectivity index (χ0v) is 9.68. The fraction of sp³-hybridized carbons (Fsp3) is 0.900. The highest BCUT2D eigenvalue weighted by molar-refractivity contribution is 5.85. The predicted octanol–water partition coefficient (Wildman–Crippen LogP) is 1.88. The Balaban J connectivity index is 0.00000169. The zero-order chi connectivity index (χ0) is 9.84. The molecule has 0 amide bonds. The van der Waals surface area contributed by atoms with E-state index in [9.17, 15) is 4.79 Å². The van der Waals surface area contributed by atoms with Crippen LogP contribution in [-0.2, 0) is 9.53 Å². The highest BCUT2D eigenvalue weighted by Gasteiger charge is 2.24. The van der Waals surface area contributed by atoms with Crippen LogP contribution in [-0.4, -0.2) is 18.1 Å². The minimum absolute atomic E-state index is 0. The van der Waals surface area contributed by atoms with Crippen molar-refractivity contribution >= 4 is 18.4 Å². The lowest BCUT2D eigenvalue weighted by atomic mass is 9.83. The highest BCUT2D eigenvalue weighted by atomic mass is 35.5. The van der Waals surface area contributed by atoms with Gasteiger partial charge in [0.05, 0.1) is 0 Å². The van der Waals surface area contributed by atoms with Crippen LogP contribution in [0.15, 0.2) is 0 Å². The molecule has 0 bridgehead atoms. The van der Waals surface area contributed by atoms with Crippen LogP contribution in [0.5, 0.6) is 0 Å². The number of rotatable bonds is 2. The van der Waals surface area contributed by atoms with Gasteiger partial charge in [0.15, 0.2) is 0 Å². The van der Waals surface area contributed by atoms with Crippen molar-refractivity contribution in [1.29, 1.82) is 0 Å². The molecule has 1 rings (SSSR count). The number of hydrogen-bond acceptors (Lipinski definition) is 3. The van der Waals surface area contributed by atoms with Gasteiger partial charge >= 0.3 is 5.97 Å². The van der Waals surface area contributed by atoms with E-state index in [2.05, 4.69) is 0 Å². The molecule has 0 saturated heterocycles. The van der Waals surface area contributed by atoms with Crippen LogP contribution < -0.4 is 5.73 Å². The maximum absolute atomic E-state index is 10.7. The van der Waals surface area contributed by atoms with E-state index in [1.54, 1.807) is 0 Å². The Hall–Kier alpha value is -0.280. The third-order valence-corrected chi connectivity index (χ3v) is 2.83. The second kappa shape index (κ2) is 6.25. The normalized spacial score (nSPS) is 28.8. The molecule has 0 aliphatic heterocycles. The lowest BCUT2D eigenvalue weighted by Crippen LogP contribution is -2.32. The molecule has 1 fully saturated rings. The van der Waals surface area contributed by atoms with Crippen LogP contribution in [0.1, 0.15) is 39.5 Å². The first-order valence-electron chi connectivity index (χ1n) is 5.02. The first-order chi connectivity index (χ1) is 6.09. The molecule has 0 spiro atoms. The molecule has 1 unspecified atom stereocenters. The molecule has 3 nitrogen and oxygen atoms in total. The van der Waals surface area contributed by atoms with Gasteiger partial charge in [-0.1, -0.05) is 0 Å². The summed E-state index contributed by atoms with van der Waals surface area (Å²) in [4.78, 5) is 10.7. The average molecular weight is 222 g/mol. The number of esters is 1. The van der Waals surface area contributed by atoms with Crippen LogP contribution in [0.4, 0.5) is 0 Å². The molecule has 0 aromatic heterocycles. The highest BCUT2D eigenvalue weighted by Crippen LogP contribution is 2.27. The summed E-state index contributed by atoms with van der Waals surface area (Å²) in [6, 6.07) is 0.362. The van der Waals surface area contributed by atoms with Gasteiger partial charge in [0.1, 0.15) is 6.10 Å². The minimum Gasteiger partial charge on any atom is -0.463 e. The topological polar surface area (TPSA) is 52.3 Å². The standard InChI is InChI=1S/C10H19NO2.ClH/c1-7(13-8(2)12)9-3-5-10(11)6-4-9;/h7,9-10H,3-6,11H2,1-2H3;1H. The van der Waals surface area contributed by atoms with E-state index in [4.69, 9.17) is 10.5 Å². The third-order valence-electron chi connectivity index (χ3n) is 2.83. The van der Waals surface area contributed by atoms with E-state index in [-0.39, 0.29) is 24.5 Å². The van der Waals surface area contributed by atoms with Crippen molar-refractivity contribution in [2.75, 3.05) is 0 Å². The van der Waals surface area contributed by atoms with Gasteiger partial charge in [0.25, 0.3) is 0 Å². The molecule has 84 valence electrons. The lowest BCUT2D eigenvalue weighted by Gasteiger charge is -2.29. The Morgan fingerprint density at radius 3 is 2.29 bits per heavy atom. The van der Waals surface area contributed by atoms with Crippen LogP contribution in [0, 0.1) is 5.92 Å². The molecular formula is C10H20ClNO2. The largest absolute Gasteiger partial charge is 0.463 e. The second-order valence-electron chi connectivity index (χ2n) is 3.99. The minimum atomic E-state index is -0.178. The third kappa shape index (κ3) is 4.29. The summed E-state index contributed by atoms with van der Waals surface area (Å²) < 4.78 is 5.15. The van der Waals surface area contributed by atoms with Crippen LogP contribution in [0.25, 0.3) is 0 Å². The summed E-state index contributed by atoms with van der Waals surface area (Å²) in [6.45, 7) is 3.44. The number of hydrogen-bond donors (Lipinski definition) is 1. The van der Waals surface area contributed by atoms with Gasteiger partial charge in [-0.3, -0.25) is 4.79 Å². The number of carbonyl (C=O) groups excluding carboxylic acids is 1. The molecule has 1 atom stereocenters. The van der Waals surface area contributed by atoms with Crippen LogP contribution in [0.3, 0.4) is 0 Å². The van der Waals surface area contributed by atoms with Gasteiger partial charge < -0.3 is 10.5 Å². The van der Waals surface area contributed by atoms with Crippen molar-refractivity contribution in [2.45, 2.75) is 51.7 Å². The first-order valence-corrected chi connectivity index (χ1v) is 5.02. The van der Waals surface area contributed by atoms with Gasteiger partial charge in [0.2, 0.25) is 0 Å². The van der Waals surface area contributed by atoms with Crippen molar-refractivity contribution in [3.63, 3.8) is 0 Å². The molecule has 1 aliphatic rings. The second-order valence-corrected chi connectivity index (χ2v) is 3.99. The fourth-order valence-corrected chi connectivity index (χ4v) is 1.97. The zero-order valence-electron chi connectivity index (χ0n) is 8.86. The Morgan fingerprint density at radius 1 is 1.36 bits per heavy atom. The Labute approximate surface area is 91.8 Å². The molecule has 0 radical (unpaired) electrons. The van der Waals surface area contributed by atoms with Crippen molar-refractivity contribution in [3.8, 4) is 0 Å². The quantitative estimate of drug-likeness (QED) is 0.725. The summed E-state index contributed by atoms with van der Waals surface area (Å²) in [7, 11) is 0. The molecule has 1 aliphatic carbocycles. The maximum atomic E-state index is 10.7. The van der Waals surface area contributed by atoms with Crippen LogP contribution in [0.2, 0.25) is 0 Å². The van der Waals surface area contributed by atoms with Gasteiger partial charge in [-0.05, 0) is 38.5 Å². The fourth-order valence-electron chi connectivity index (χ4n) is 1.97. The summed E-state index contributed by atoms with van der Waals surface area (Å²) in [5.74, 6) is 0.339. The Morgan fingerprint density at radius 2 is 1.86 bits per heavy atom. The van der Waals surface area contributed by atoms with Crippen molar-refractivity contribution in [1.82, 2.24) is 0 Å². The molecule has 0 aromatic carbocycles. The summed E-state index contributed by atoms with van der Waals surface area (Å²) in [5.41, 5.74) is 5.79. The lowest BCUT2D eigenvalue weighted by molar-refractivity contribution is -0.148. The van der Waals surface area contributed by atoms with E-state index < -0.39 is 0 Å². The van der Waals surface area contributed by atoms with E-state index >= 15 is 0 Å². The molecule has 1 saturated carbocycles. The predicted molar refractivity (Wildman–Crippen MR) is 58.4 cm³/mol. The molecule has 0 heterocycles. The summed E-state index contributed by atoms with van der Waals surface area (Å²) >= 11 is 0. The van der Waals surface area contributed by atoms with Gasteiger partial charge in [-0.2, -0.15) is 0 Å². The van der Waals surface area contributed by atoms with E-state index in [1.807, 2.05) is 6.92 Å². The molecular weight excluding hydrogens is 202 g/mol. The summed E-state index contributed by atoms with van der Waals surface area (Å²) in [6.07, 6.45) is 4.38. The van der Waals surface area contributed by atoms with Crippen molar-refractivity contribution in [3.05, 3.63) is 0 Å². The van der Waals surface area contributed by atoms with Crippen molar-refractivity contribution in [2.24, 2.45) is 11.7 Å². The summed E-state index contributed by atoms with van der Waals surface area (Å²) in [5, 5.41) is 0. The Bertz CT molecular complexity index is 179. The average Bonchev–Trinajstić information content (AvgIpc) is 2.04. The molecule has 14 heavy (non-hydrogen) atoms. The van der Waals surface area contributed by atoms with Crippen LogP contribution >= 0.6 is 12.4 Å². The number of nitrogens with two attached hydrogens (primary N) is 1. The Kier molecular flexibility index (Phi) is 6.12. The monoisotopic (exact) mass is 221 g/mol.